The number of alkyl halides is 3. The minimum absolute atomic E-state index is 0.644. The van der Waals surface area contributed by atoms with E-state index >= 15 is 0 Å². The van der Waals surface area contributed by atoms with Crippen molar-refractivity contribution in [2.24, 2.45) is 0 Å². The lowest BCUT2D eigenvalue weighted by molar-refractivity contribution is -0.137. The van der Waals surface area contributed by atoms with Crippen LogP contribution in [0.1, 0.15) is 18.2 Å². The van der Waals surface area contributed by atoms with Gasteiger partial charge in [0.05, 0.1) is 24.5 Å². The molecule has 2 aliphatic heterocycles. The van der Waals surface area contributed by atoms with Crippen LogP contribution in [0.4, 0.5) is 19.0 Å². The standard InChI is InChI=1S/C22H30F3N5O/c1-2-19-17-21(26-30(19)20-5-3-18(4-6-20)22(23,24)25)29-11-9-27(10-12-29)7-8-28-13-15-31-16-14-28/h3-6,17H,2,7-16H2,1H3. The molecule has 0 amide bonds. The van der Waals surface area contributed by atoms with E-state index in [1.807, 2.05) is 6.92 Å². The van der Waals surface area contributed by atoms with Crippen molar-refractivity contribution in [2.45, 2.75) is 19.5 Å². The quantitative estimate of drug-likeness (QED) is 0.695. The first-order valence-electron chi connectivity index (χ1n) is 11.0. The molecule has 0 spiro atoms. The number of hydrogen-bond donors (Lipinski definition) is 0. The lowest BCUT2D eigenvalue weighted by Crippen LogP contribution is -2.49. The summed E-state index contributed by atoms with van der Waals surface area (Å²) in [4.78, 5) is 7.21. The van der Waals surface area contributed by atoms with E-state index < -0.39 is 11.7 Å². The Hall–Kier alpha value is -2.10. The molecule has 6 nitrogen and oxygen atoms in total. The van der Waals surface area contributed by atoms with E-state index in [1.54, 1.807) is 4.68 Å². The second-order valence-electron chi connectivity index (χ2n) is 8.09. The van der Waals surface area contributed by atoms with Crippen molar-refractivity contribution < 1.29 is 17.9 Å². The highest BCUT2D eigenvalue weighted by atomic mass is 19.4. The van der Waals surface area contributed by atoms with Gasteiger partial charge in [-0.05, 0) is 30.7 Å². The second kappa shape index (κ2) is 9.58. The molecule has 4 rings (SSSR count). The van der Waals surface area contributed by atoms with Crippen LogP contribution in [0.5, 0.6) is 0 Å². The molecule has 0 saturated carbocycles. The maximum absolute atomic E-state index is 12.9. The van der Waals surface area contributed by atoms with Crippen molar-refractivity contribution in [3.05, 3.63) is 41.6 Å². The van der Waals surface area contributed by atoms with Crippen molar-refractivity contribution in [3.8, 4) is 5.69 Å². The van der Waals surface area contributed by atoms with Gasteiger partial charge >= 0.3 is 6.18 Å². The van der Waals surface area contributed by atoms with E-state index in [0.717, 1.165) is 95.6 Å². The molecule has 170 valence electrons. The van der Waals surface area contributed by atoms with E-state index in [2.05, 4.69) is 20.8 Å². The Balaban J connectivity index is 1.37. The van der Waals surface area contributed by atoms with Gasteiger partial charge in [-0.3, -0.25) is 9.80 Å². The maximum atomic E-state index is 12.9. The summed E-state index contributed by atoms with van der Waals surface area (Å²) in [6.07, 6.45) is -3.57. The van der Waals surface area contributed by atoms with E-state index in [9.17, 15) is 13.2 Å². The molecule has 0 unspecified atom stereocenters. The third kappa shape index (κ3) is 5.39. The highest BCUT2D eigenvalue weighted by Gasteiger charge is 2.30. The Bertz CT molecular complexity index is 838. The van der Waals surface area contributed by atoms with Crippen molar-refractivity contribution in [2.75, 3.05) is 70.5 Å². The molecular weight excluding hydrogens is 407 g/mol. The fraction of sp³-hybridized carbons (Fsp3) is 0.591. The Labute approximate surface area is 181 Å². The molecule has 2 fully saturated rings. The van der Waals surface area contributed by atoms with E-state index in [1.165, 1.54) is 12.1 Å². The molecule has 9 heteroatoms. The molecule has 0 bridgehead atoms. The molecule has 2 aromatic rings. The molecule has 2 aliphatic rings. The largest absolute Gasteiger partial charge is 0.416 e. The third-order valence-corrected chi connectivity index (χ3v) is 6.10. The Morgan fingerprint density at radius 1 is 0.903 bits per heavy atom. The normalized spacial score (nSPS) is 19.2. The van der Waals surface area contributed by atoms with Gasteiger partial charge in [0.25, 0.3) is 0 Å². The number of rotatable bonds is 6. The highest BCUT2D eigenvalue weighted by molar-refractivity contribution is 5.45. The first-order valence-corrected chi connectivity index (χ1v) is 11.0. The van der Waals surface area contributed by atoms with Gasteiger partial charge in [0.15, 0.2) is 5.82 Å². The van der Waals surface area contributed by atoms with E-state index in [-0.39, 0.29) is 0 Å². The van der Waals surface area contributed by atoms with Crippen LogP contribution in [-0.4, -0.2) is 85.2 Å². The van der Waals surface area contributed by atoms with Crippen molar-refractivity contribution in [1.82, 2.24) is 19.6 Å². The van der Waals surface area contributed by atoms with Crippen LogP contribution in [-0.2, 0) is 17.3 Å². The molecule has 0 N–H and O–H groups in total. The van der Waals surface area contributed by atoms with Gasteiger partial charge < -0.3 is 9.64 Å². The van der Waals surface area contributed by atoms with E-state index in [4.69, 9.17) is 9.84 Å². The summed E-state index contributed by atoms with van der Waals surface area (Å²) in [6.45, 7) is 11.6. The summed E-state index contributed by atoms with van der Waals surface area (Å²) in [5.41, 5.74) is 1.000. The van der Waals surface area contributed by atoms with Crippen LogP contribution in [0.3, 0.4) is 0 Å². The molecule has 1 aromatic carbocycles. The molecule has 0 atom stereocenters. The van der Waals surface area contributed by atoms with Gasteiger partial charge in [-0.1, -0.05) is 6.92 Å². The zero-order valence-electron chi connectivity index (χ0n) is 17.9. The lowest BCUT2D eigenvalue weighted by atomic mass is 10.2. The van der Waals surface area contributed by atoms with Crippen LogP contribution >= 0.6 is 0 Å². The van der Waals surface area contributed by atoms with Gasteiger partial charge in [0.1, 0.15) is 0 Å². The van der Waals surface area contributed by atoms with Gasteiger partial charge in [-0.2, -0.15) is 18.3 Å². The Morgan fingerprint density at radius 3 is 2.10 bits per heavy atom. The number of aromatic nitrogens is 2. The average molecular weight is 438 g/mol. The SMILES string of the molecule is CCc1cc(N2CCN(CCN3CCOCC3)CC2)nn1-c1ccc(C(F)(F)F)cc1. The molecule has 3 heterocycles. The Kier molecular flexibility index (Phi) is 6.83. The molecule has 1 aromatic heterocycles. The second-order valence-corrected chi connectivity index (χ2v) is 8.09. The zero-order valence-corrected chi connectivity index (χ0v) is 17.9. The first kappa shape index (κ1) is 22.1. The molecular formula is C22H30F3N5O. The predicted octanol–water partition coefficient (Wildman–Crippen LogP) is 2.91. The van der Waals surface area contributed by atoms with Crippen LogP contribution in [0.15, 0.2) is 30.3 Å². The summed E-state index contributed by atoms with van der Waals surface area (Å²) in [5.74, 6) is 0.893. The number of ether oxygens (including phenoxy) is 1. The van der Waals surface area contributed by atoms with Crippen LogP contribution < -0.4 is 4.90 Å². The summed E-state index contributed by atoms with van der Waals surface area (Å²) in [6, 6.07) is 7.26. The smallest absolute Gasteiger partial charge is 0.379 e. The van der Waals surface area contributed by atoms with Gasteiger partial charge in [0.2, 0.25) is 0 Å². The summed E-state index contributed by atoms with van der Waals surface area (Å²) in [5, 5.41) is 4.73. The van der Waals surface area contributed by atoms with Crippen molar-refractivity contribution in [3.63, 3.8) is 0 Å². The average Bonchev–Trinajstić information content (AvgIpc) is 3.23. The maximum Gasteiger partial charge on any atom is 0.416 e. The fourth-order valence-corrected chi connectivity index (χ4v) is 4.14. The Morgan fingerprint density at radius 2 is 1.52 bits per heavy atom. The fourth-order valence-electron chi connectivity index (χ4n) is 4.14. The number of aryl methyl sites for hydroxylation is 1. The molecule has 31 heavy (non-hydrogen) atoms. The monoisotopic (exact) mass is 437 g/mol. The predicted molar refractivity (Wildman–Crippen MR) is 114 cm³/mol. The van der Waals surface area contributed by atoms with Crippen molar-refractivity contribution in [1.29, 1.82) is 0 Å². The summed E-state index contributed by atoms with van der Waals surface area (Å²) >= 11 is 0. The lowest BCUT2D eigenvalue weighted by Gasteiger charge is -2.36. The van der Waals surface area contributed by atoms with E-state index in [0.29, 0.717) is 5.69 Å². The number of piperazine rings is 1. The number of halogens is 3. The number of hydrogen-bond acceptors (Lipinski definition) is 5. The van der Waals surface area contributed by atoms with Crippen LogP contribution in [0, 0.1) is 0 Å². The van der Waals surface area contributed by atoms with Gasteiger partial charge in [-0.25, -0.2) is 4.68 Å². The molecule has 2 saturated heterocycles. The zero-order chi connectivity index (χ0) is 21.8. The number of benzene rings is 1. The topological polar surface area (TPSA) is 36.8 Å². The van der Waals surface area contributed by atoms with Crippen molar-refractivity contribution >= 4 is 5.82 Å². The third-order valence-electron chi connectivity index (χ3n) is 6.10. The highest BCUT2D eigenvalue weighted by Crippen LogP contribution is 2.30. The molecule has 0 aliphatic carbocycles. The minimum Gasteiger partial charge on any atom is -0.379 e. The number of anilines is 1. The van der Waals surface area contributed by atoms with Crippen LogP contribution in [0.25, 0.3) is 5.69 Å². The van der Waals surface area contributed by atoms with Gasteiger partial charge in [0, 0.05) is 64.1 Å². The summed E-state index contributed by atoms with van der Waals surface area (Å²) < 4.78 is 45.8. The number of nitrogens with zero attached hydrogens (tertiary/aromatic N) is 5. The van der Waals surface area contributed by atoms with Crippen LogP contribution in [0.2, 0.25) is 0 Å². The van der Waals surface area contributed by atoms with Gasteiger partial charge in [-0.15, -0.1) is 0 Å². The first-order chi connectivity index (χ1) is 14.9. The number of morpholine rings is 1. The summed E-state index contributed by atoms with van der Waals surface area (Å²) in [7, 11) is 0. The minimum atomic E-state index is -4.33. The molecule has 0 radical (unpaired) electrons.